The minimum absolute atomic E-state index is 0.108. The average Bonchev–Trinajstić information content (AvgIpc) is 2.64. The Labute approximate surface area is 146 Å². The van der Waals surface area contributed by atoms with E-state index in [1.807, 2.05) is 6.07 Å². The Morgan fingerprint density at radius 2 is 1.80 bits per heavy atom. The van der Waals surface area contributed by atoms with E-state index >= 15 is 0 Å². The Morgan fingerprint density at radius 3 is 2.44 bits per heavy atom. The average molecular weight is 342 g/mol. The van der Waals surface area contributed by atoms with Crippen LogP contribution >= 0.6 is 0 Å². The number of hydrogen-bond donors (Lipinski definition) is 1. The number of aliphatic hydroxyl groups is 1. The fourth-order valence-corrected chi connectivity index (χ4v) is 3.37. The number of hydrogen-bond acceptors (Lipinski definition) is 3. The minimum Gasteiger partial charge on any atom is -0.388 e. The van der Waals surface area contributed by atoms with Crippen LogP contribution in [0.5, 0.6) is 0 Å². The molecule has 1 atom stereocenters. The first-order valence-electron chi connectivity index (χ1n) is 8.41. The number of nitrogens with zero attached hydrogens (tertiary/aromatic N) is 2. The van der Waals surface area contributed by atoms with Crippen LogP contribution in [0.4, 0.5) is 8.78 Å². The van der Waals surface area contributed by atoms with Crippen LogP contribution < -0.4 is 0 Å². The molecule has 0 saturated carbocycles. The van der Waals surface area contributed by atoms with Gasteiger partial charge < -0.3 is 5.11 Å². The van der Waals surface area contributed by atoms with Gasteiger partial charge in [-0.05, 0) is 67.7 Å². The van der Waals surface area contributed by atoms with Crippen molar-refractivity contribution in [2.24, 2.45) is 5.92 Å². The van der Waals surface area contributed by atoms with E-state index in [4.69, 9.17) is 5.26 Å². The van der Waals surface area contributed by atoms with Gasteiger partial charge >= 0.3 is 0 Å². The molecule has 0 spiro atoms. The molecule has 5 heteroatoms. The maximum Gasteiger partial charge on any atom is 0.127 e. The Hall–Kier alpha value is -2.29. The van der Waals surface area contributed by atoms with Crippen LogP contribution in [0.3, 0.4) is 0 Å². The molecule has 1 fully saturated rings. The summed E-state index contributed by atoms with van der Waals surface area (Å²) in [5, 5.41) is 19.4. The van der Waals surface area contributed by atoms with Crippen LogP contribution in [-0.2, 0) is 6.54 Å². The number of benzene rings is 2. The molecule has 1 aliphatic heterocycles. The second-order valence-electron chi connectivity index (χ2n) is 6.53. The summed E-state index contributed by atoms with van der Waals surface area (Å²) in [5.74, 6) is -0.503. The van der Waals surface area contributed by atoms with Crippen molar-refractivity contribution >= 4 is 0 Å². The molecule has 2 aromatic carbocycles. The molecule has 1 heterocycles. The second kappa shape index (κ2) is 7.73. The molecule has 3 rings (SSSR count). The van der Waals surface area contributed by atoms with Crippen molar-refractivity contribution < 1.29 is 13.9 Å². The van der Waals surface area contributed by atoms with Gasteiger partial charge in [0.1, 0.15) is 11.6 Å². The van der Waals surface area contributed by atoms with Crippen LogP contribution in [0, 0.1) is 28.9 Å². The lowest BCUT2D eigenvalue weighted by Gasteiger charge is -2.34. The third-order valence-corrected chi connectivity index (χ3v) is 4.86. The van der Waals surface area contributed by atoms with Crippen molar-refractivity contribution in [1.82, 2.24) is 4.90 Å². The van der Waals surface area contributed by atoms with Crippen LogP contribution in [-0.4, -0.2) is 23.1 Å². The van der Waals surface area contributed by atoms with E-state index in [1.165, 1.54) is 24.3 Å². The summed E-state index contributed by atoms with van der Waals surface area (Å²) in [6.07, 6.45) is 0.970. The van der Waals surface area contributed by atoms with Crippen molar-refractivity contribution in [1.29, 1.82) is 5.26 Å². The van der Waals surface area contributed by atoms with Gasteiger partial charge in [0, 0.05) is 12.1 Å². The lowest BCUT2D eigenvalue weighted by Crippen LogP contribution is -2.35. The standard InChI is InChI=1S/C20H20F2N2O/c21-18-4-2-15(3-5-18)20(25)16-7-9-24(10-8-16)13-17-11-14(12-23)1-6-19(17)22/h1-6,11,16,20,25H,7-10,13H2. The molecule has 0 amide bonds. The third-order valence-electron chi connectivity index (χ3n) is 4.86. The first kappa shape index (κ1) is 17.5. The van der Waals surface area contributed by atoms with Gasteiger partial charge in [-0.15, -0.1) is 0 Å². The zero-order valence-corrected chi connectivity index (χ0v) is 13.8. The van der Waals surface area contributed by atoms with Crippen LogP contribution in [0.25, 0.3) is 0 Å². The van der Waals surface area contributed by atoms with Gasteiger partial charge in [-0.2, -0.15) is 5.26 Å². The lowest BCUT2D eigenvalue weighted by atomic mass is 9.87. The topological polar surface area (TPSA) is 47.3 Å². The minimum atomic E-state index is -0.610. The van der Waals surface area contributed by atoms with E-state index in [-0.39, 0.29) is 17.6 Å². The van der Waals surface area contributed by atoms with Gasteiger partial charge in [-0.25, -0.2) is 8.78 Å². The summed E-state index contributed by atoms with van der Waals surface area (Å²) >= 11 is 0. The summed E-state index contributed by atoms with van der Waals surface area (Å²) in [7, 11) is 0. The Kier molecular flexibility index (Phi) is 5.42. The quantitative estimate of drug-likeness (QED) is 0.920. The van der Waals surface area contributed by atoms with E-state index in [0.29, 0.717) is 17.7 Å². The fraction of sp³-hybridized carbons (Fsp3) is 0.350. The van der Waals surface area contributed by atoms with Gasteiger partial charge in [0.05, 0.1) is 17.7 Å². The van der Waals surface area contributed by atoms with Crippen LogP contribution in [0.1, 0.15) is 35.6 Å². The van der Waals surface area contributed by atoms with E-state index in [0.717, 1.165) is 31.5 Å². The number of piperidine rings is 1. The smallest absolute Gasteiger partial charge is 0.127 e. The summed E-state index contributed by atoms with van der Waals surface area (Å²) in [4.78, 5) is 2.13. The van der Waals surface area contributed by atoms with E-state index in [2.05, 4.69) is 4.90 Å². The van der Waals surface area contributed by atoms with E-state index < -0.39 is 6.10 Å². The molecule has 130 valence electrons. The number of halogens is 2. The highest BCUT2D eigenvalue weighted by atomic mass is 19.1. The van der Waals surface area contributed by atoms with Crippen LogP contribution in [0.15, 0.2) is 42.5 Å². The van der Waals surface area contributed by atoms with Gasteiger partial charge in [0.25, 0.3) is 0 Å². The summed E-state index contributed by atoms with van der Waals surface area (Å²) < 4.78 is 26.9. The third kappa shape index (κ3) is 4.22. The van der Waals surface area contributed by atoms with E-state index in [9.17, 15) is 13.9 Å². The molecule has 0 aromatic heterocycles. The van der Waals surface area contributed by atoms with Crippen molar-refractivity contribution in [3.05, 3.63) is 70.8 Å². The fourth-order valence-electron chi connectivity index (χ4n) is 3.37. The second-order valence-corrected chi connectivity index (χ2v) is 6.53. The van der Waals surface area contributed by atoms with Crippen molar-refractivity contribution in [3.8, 4) is 6.07 Å². The SMILES string of the molecule is N#Cc1ccc(F)c(CN2CCC(C(O)c3ccc(F)cc3)CC2)c1. The normalized spacial score (nSPS) is 17.2. The van der Waals surface area contributed by atoms with Gasteiger partial charge in [0.2, 0.25) is 0 Å². The predicted octanol–water partition coefficient (Wildman–Crippen LogP) is 3.78. The zero-order valence-electron chi connectivity index (χ0n) is 13.8. The molecule has 0 aliphatic carbocycles. The van der Waals surface area contributed by atoms with Crippen LogP contribution in [0.2, 0.25) is 0 Å². The summed E-state index contributed by atoms with van der Waals surface area (Å²) in [6, 6.07) is 12.4. The number of rotatable bonds is 4. The first-order valence-corrected chi connectivity index (χ1v) is 8.41. The van der Waals surface area contributed by atoms with Gasteiger partial charge in [-0.3, -0.25) is 4.90 Å². The van der Waals surface area contributed by atoms with E-state index in [1.54, 1.807) is 18.2 Å². The van der Waals surface area contributed by atoms with Gasteiger partial charge in [-0.1, -0.05) is 12.1 Å². The molecule has 3 nitrogen and oxygen atoms in total. The highest BCUT2D eigenvalue weighted by molar-refractivity contribution is 5.33. The zero-order chi connectivity index (χ0) is 17.8. The molecule has 0 bridgehead atoms. The Balaban J connectivity index is 1.58. The number of likely N-dealkylation sites (tertiary alicyclic amines) is 1. The molecule has 25 heavy (non-hydrogen) atoms. The molecular formula is C20H20F2N2O. The highest BCUT2D eigenvalue weighted by Crippen LogP contribution is 2.31. The highest BCUT2D eigenvalue weighted by Gasteiger charge is 2.26. The molecular weight excluding hydrogens is 322 g/mol. The van der Waals surface area contributed by atoms with Crippen molar-refractivity contribution in [2.45, 2.75) is 25.5 Å². The van der Waals surface area contributed by atoms with Gasteiger partial charge in [0.15, 0.2) is 0 Å². The maximum atomic E-state index is 13.9. The molecule has 1 saturated heterocycles. The molecule has 1 N–H and O–H groups in total. The lowest BCUT2D eigenvalue weighted by molar-refractivity contribution is 0.0564. The Bertz CT molecular complexity index is 762. The summed E-state index contributed by atoms with van der Waals surface area (Å²) in [5.41, 5.74) is 1.71. The maximum absolute atomic E-state index is 13.9. The molecule has 0 radical (unpaired) electrons. The molecule has 1 aliphatic rings. The summed E-state index contributed by atoms with van der Waals surface area (Å²) in [6.45, 7) is 1.96. The first-order chi connectivity index (χ1) is 12.1. The number of aliphatic hydroxyl groups excluding tert-OH is 1. The van der Waals surface area contributed by atoms with Crippen molar-refractivity contribution in [3.63, 3.8) is 0 Å². The monoisotopic (exact) mass is 342 g/mol. The molecule has 2 aromatic rings. The predicted molar refractivity (Wildman–Crippen MR) is 90.5 cm³/mol. The Morgan fingerprint density at radius 1 is 1.12 bits per heavy atom. The largest absolute Gasteiger partial charge is 0.388 e. The van der Waals surface area contributed by atoms with Crippen molar-refractivity contribution in [2.75, 3.05) is 13.1 Å². The number of nitriles is 1. The molecule has 1 unspecified atom stereocenters.